The van der Waals surface area contributed by atoms with Crippen molar-refractivity contribution in [2.75, 3.05) is 18.0 Å². The summed E-state index contributed by atoms with van der Waals surface area (Å²) in [5.74, 6) is 0.469. The maximum absolute atomic E-state index is 13.8. The molecule has 3 heterocycles. The Kier molecular flexibility index (Phi) is 10.1. The first kappa shape index (κ1) is 33.9. The van der Waals surface area contributed by atoms with E-state index in [9.17, 15) is 9.90 Å². The van der Waals surface area contributed by atoms with Crippen molar-refractivity contribution >= 4 is 11.7 Å². The van der Waals surface area contributed by atoms with Gasteiger partial charge < -0.3 is 24.2 Å². The predicted molar refractivity (Wildman–Crippen MR) is 183 cm³/mol. The van der Waals surface area contributed by atoms with Gasteiger partial charge in [-0.25, -0.2) is 4.79 Å². The van der Waals surface area contributed by atoms with Crippen molar-refractivity contribution in [3.05, 3.63) is 76.6 Å². The van der Waals surface area contributed by atoms with Crippen LogP contribution in [-0.2, 0) is 33.7 Å². The minimum Gasteiger partial charge on any atom is -0.490 e. The van der Waals surface area contributed by atoms with Gasteiger partial charge in [0.25, 0.3) is 0 Å². The van der Waals surface area contributed by atoms with Crippen LogP contribution in [0.15, 0.2) is 48.5 Å². The number of ether oxygens (including phenoxy) is 3. The summed E-state index contributed by atoms with van der Waals surface area (Å²) in [5.41, 5.74) is 6.67. The van der Waals surface area contributed by atoms with Crippen molar-refractivity contribution in [3.8, 4) is 16.9 Å². The van der Waals surface area contributed by atoms with Gasteiger partial charge in [0.05, 0.1) is 29.7 Å². The number of esters is 1. The van der Waals surface area contributed by atoms with Gasteiger partial charge >= 0.3 is 5.97 Å². The van der Waals surface area contributed by atoms with E-state index in [1.54, 1.807) is 0 Å². The predicted octanol–water partition coefficient (Wildman–Crippen LogP) is 7.92. The van der Waals surface area contributed by atoms with Crippen molar-refractivity contribution in [2.45, 2.75) is 118 Å². The number of anilines is 1. The molecule has 1 N–H and O–H groups in total. The van der Waals surface area contributed by atoms with Crippen LogP contribution in [-0.4, -0.2) is 47.0 Å². The van der Waals surface area contributed by atoms with Gasteiger partial charge in [-0.05, 0) is 101 Å². The number of aliphatic hydroxyl groups excluding tert-OH is 1. The second-order valence-electron chi connectivity index (χ2n) is 15.0. The zero-order chi connectivity index (χ0) is 33.2. The quantitative estimate of drug-likeness (QED) is 0.241. The molecule has 2 atom stereocenters. The second-order valence-corrected chi connectivity index (χ2v) is 15.0. The van der Waals surface area contributed by atoms with E-state index >= 15 is 0 Å². The molecule has 248 valence electrons. The Bertz CT molecular complexity index is 1520. The number of pyridine rings is 1. The number of carbonyl (C=O) groups is 1. The average Bonchev–Trinajstić information content (AvgIpc) is 2.99. The third-order valence-electron chi connectivity index (χ3n) is 9.04. The number of rotatable bonds is 9. The lowest BCUT2D eigenvalue weighted by Crippen LogP contribution is -2.39. The summed E-state index contributed by atoms with van der Waals surface area (Å²) in [5, 5.41) is 10.7. The van der Waals surface area contributed by atoms with Gasteiger partial charge in [-0.15, -0.1) is 0 Å². The number of aliphatic hydroxyl groups is 1. The maximum atomic E-state index is 13.8. The highest BCUT2D eigenvalue weighted by molar-refractivity contribution is 5.89. The minimum atomic E-state index is -0.981. The number of fused-ring (bicyclic) bond motifs is 1. The van der Waals surface area contributed by atoms with E-state index in [-0.39, 0.29) is 24.2 Å². The minimum absolute atomic E-state index is 0.121. The molecule has 46 heavy (non-hydrogen) atoms. The zero-order valence-electron chi connectivity index (χ0n) is 29.0. The van der Waals surface area contributed by atoms with E-state index in [4.69, 9.17) is 19.2 Å². The summed E-state index contributed by atoms with van der Waals surface area (Å²) in [6, 6.07) is 16.8. The highest BCUT2D eigenvalue weighted by atomic mass is 16.6. The molecule has 5 rings (SSSR count). The number of nitrogens with zero attached hydrogens (tertiary/aromatic N) is 2. The second kappa shape index (κ2) is 13.7. The summed E-state index contributed by atoms with van der Waals surface area (Å²) >= 11 is 0. The monoisotopic (exact) mass is 628 g/mol. The molecule has 2 aromatic carbocycles. The molecule has 7 nitrogen and oxygen atoms in total. The van der Waals surface area contributed by atoms with Crippen LogP contribution in [0.4, 0.5) is 5.69 Å². The smallest absolute Gasteiger partial charge is 0.340 e. The fraction of sp³-hybridized carbons (Fsp3) is 0.538. The van der Waals surface area contributed by atoms with Gasteiger partial charge in [-0.1, -0.05) is 50.2 Å². The van der Waals surface area contributed by atoms with E-state index in [1.807, 2.05) is 47.6 Å². The lowest BCUT2D eigenvalue weighted by atomic mass is 9.81. The van der Waals surface area contributed by atoms with Crippen LogP contribution < -0.4 is 9.64 Å². The van der Waals surface area contributed by atoms with E-state index in [0.29, 0.717) is 17.0 Å². The van der Waals surface area contributed by atoms with E-state index in [1.165, 1.54) is 5.56 Å². The number of carbonyl (C=O) groups excluding carboxylic acids is 1. The molecule has 1 saturated heterocycles. The van der Waals surface area contributed by atoms with E-state index in [0.717, 1.165) is 73.3 Å². The first-order chi connectivity index (χ1) is 21.7. The number of piperidine rings is 1. The third-order valence-corrected chi connectivity index (χ3v) is 9.04. The van der Waals surface area contributed by atoms with Crippen LogP contribution in [0, 0.1) is 12.3 Å². The van der Waals surface area contributed by atoms with E-state index in [2.05, 4.69) is 61.2 Å². The van der Waals surface area contributed by atoms with Gasteiger partial charge in [0.15, 0.2) is 6.10 Å². The van der Waals surface area contributed by atoms with Crippen LogP contribution >= 0.6 is 0 Å². The molecule has 7 heteroatoms. The van der Waals surface area contributed by atoms with Crippen LogP contribution in [0.1, 0.15) is 102 Å². The Morgan fingerprint density at radius 2 is 1.80 bits per heavy atom. The fourth-order valence-electron chi connectivity index (χ4n) is 6.65. The first-order valence-electron chi connectivity index (χ1n) is 16.9. The van der Waals surface area contributed by atoms with Crippen molar-refractivity contribution in [1.29, 1.82) is 0 Å². The number of aromatic nitrogens is 1. The highest BCUT2D eigenvalue weighted by Gasteiger charge is 2.38. The fourth-order valence-corrected chi connectivity index (χ4v) is 6.65. The van der Waals surface area contributed by atoms with Crippen LogP contribution in [0.25, 0.3) is 11.1 Å². The van der Waals surface area contributed by atoms with Crippen LogP contribution in [0.3, 0.4) is 0 Å². The topological polar surface area (TPSA) is 81.1 Å². The number of hydrogen-bond donors (Lipinski definition) is 1. The van der Waals surface area contributed by atoms with Crippen LogP contribution in [0.5, 0.6) is 5.75 Å². The molecule has 2 aliphatic heterocycles. The summed E-state index contributed by atoms with van der Waals surface area (Å²) in [6.45, 7) is 17.5. The van der Waals surface area contributed by atoms with Gasteiger partial charge in [0, 0.05) is 36.3 Å². The SMILES string of the molecule is Cc1nc(CO)c(-c2ccc3c(c2)CCC(Cc2ccccc2)O3)c(N2CCC(C)(C)CC2)c1C(OC(C)(C)C)C(=O)OC(C)C. The average molecular weight is 629 g/mol. The molecule has 0 saturated carbocycles. The Labute approximate surface area is 275 Å². The Morgan fingerprint density at radius 1 is 1.11 bits per heavy atom. The molecule has 0 amide bonds. The highest BCUT2D eigenvalue weighted by Crippen LogP contribution is 2.46. The standard InChI is InChI=1S/C39H52N2O5/c1-25(2)44-37(43)36(46-38(4,5)6)33-26(3)40-31(24-42)34(35(33)41-20-18-39(7,8)19-21-41)29-15-17-32-28(23-29)14-16-30(45-32)22-27-12-10-9-11-13-27/h9-13,15,17,23,25,30,36,42H,14,16,18-22,24H2,1-8H3. The number of benzene rings is 2. The molecule has 0 radical (unpaired) electrons. The molecule has 3 aromatic rings. The van der Waals surface area contributed by atoms with Gasteiger partial charge in [-0.3, -0.25) is 4.98 Å². The van der Waals surface area contributed by atoms with Crippen molar-refractivity contribution in [2.24, 2.45) is 5.41 Å². The Morgan fingerprint density at radius 3 is 2.43 bits per heavy atom. The molecule has 1 fully saturated rings. The number of aryl methyl sites for hydroxylation is 2. The van der Waals surface area contributed by atoms with Gasteiger partial charge in [0.1, 0.15) is 11.9 Å². The molecule has 2 aliphatic rings. The van der Waals surface area contributed by atoms with Gasteiger partial charge in [-0.2, -0.15) is 0 Å². The zero-order valence-corrected chi connectivity index (χ0v) is 29.0. The largest absolute Gasteiger partial charge is 0.490 e. The molecular formula is C39H52N2O5. The first-order valence-corrected chi connectivity index (χ1v) is 16.9. The molecule has 2 unspecified atom stereocenters. The lowest BCUT2D eigenvalue weighted by molar-refractivity contribution is -0.171. The lowest BCUT2D eigenvalue weighted by Gasteiger charge is -2.41. The molecule has 0 aliphatic carbocycles. The molecule has 1 aromatic heterocycles. The van der Waals surface area contributed by atoms with E-state index < -0.39 is 17.7 Å². The van der Waals surface area contributed by atoms with Crippen molar-refractivity contribution in [1.82, 2.24) is 4.98 Å². The third kappa shape index (κ3) is 7.92. The Hall–Kier alpha value is -3.42. The Balaban J connectivity index is 1.63. The normalized spacial score (nSPS) is 18.6. The summed E-state index contributed by atoms with van der Waals surface area (Å²) in [7, 11) is 0. The summed E-state index contributed by atoms with van der Waals surface area (Å²) in [6.07, 6.45) is 3.54. The van der Waals surface area contributed by atoms with Crippen molar-refractivity contribution < 1.29 is 24.1 Å². The maximum Gasteiger partial charge on any atom is 0.340 e. The summed E-state index contributed by atoms with van der Waals surface area (Å²) in [4.78, 5) is 21.1. The number of hydrogen-bond acceptors (Lipinski definition) is 7. The molecular weight excluding hydrogens is 576 g/mol. The molecule has 0 spiro atoms. The van der Waals surface area contributed by atoms with Crippen LogP contribution in [0.2, 0.25) is 0 Å². The summed E-state index contributed by atoms with van der Waals surface area (Å²) < 4.78 is 18.8. The molecule has 0 bridgehead atoms. The van der Waals surface area contributed by atoms with Crippen molar-refractivity contribution in [3.63, 3.8) is 0 Å². The van der Waals surface area contributed by atoms with Gasteiger partial charge in [0.2, 0.25) is 0 Å².